The van der Waals surface area contributed by atoms with Crippen LogP contribution in [0, 0.1) is 17.7 Å². The molecule has 1 aromatic carbocycles. The van der Waals surface area contributed by atoms with Gasteiger partial charge >= 0.3 is 0 Å². The van der Waals surface area contributed by atoms with Crippen molar-refractivity contribution in [3.8, 4) is 5.75 Å². The van der Waals surface area contributed by atoms with E-state index in [4.69, 9.17) is 4.74 Å². The summed E-state index contributed by atoms with van der Waals surface area (Å²) in [5, 5.41) is 0. The summed E-state index contributed by atoms with van der Waals surface area (Å²) < 4.78 is 18.5. The van der Waals surface area contributed by atoms with Crippen molar-refractivity contribution in [2.75, 3.05) is 7.11 Å². The Hall–Kier alpha value is -1.38. The smallest absolute Gasteiger partial charge is 0.165 e. The maximum absolute atomic E-state index is 13.6. The molecule has 0 spiro atoms. The molecule has 0 saturated heterocycles. The van der Waals surface area contributed by atoms with Gasteiger partial charge in [-0.2, -0.15) is 0 Å². The first kappa shape index (κ1) is 13.1. The van der Waals surface area contributed by atoms with Gasteiger partial charge in [0.1, 0.15) is 5.78 Å². The molecule has 1 aliphatic rings. The molecule has 1 saturated carbocycles. The van der Waals surface area contributed by atoms with Crippen molar-refractivity contribution in [2.24, 2.45) is 11.8 Å². The summed E-state index contributed by atoms with van der Waals surface area (Å²) in [6.45, 7) is 2.17. The van der Waals surface area contributed by atoms with Crippen molar-refractivity contribution < 1.29 is 13.9 Å². The SMILES string of the molecule is COc1ccc(CC2CC(C)CCC2=O)cc1F. The topological polar surface area (TPSA) is 26.3 Å². The Bertz CT molecular complexity index is 442. The van der Waals surface area contributed by atoms with Crippen molar-refractivity contribution in [1.29, 1.82) is 0 Å². The monoisotopic (exact) mass is 250 g/mol. The second-order valence-corrected chi connectivity index (χ2v) is 5.22. The number of benzene rings is 1. The second-order valence-electron chi connectivity index (χ2n) is 5.22. The van der Waals surface area contributed by atoms with Crippen LogP contribution in [0.15, 0.2) is 18.2 Å². The number of hydrogen-bond acceptors (Lipinski definition) is 2. The number of halogens is 1. The Morgan fingerprint density at radius 3 is 2.89 bits per heavy atom. The van der Waals surface area contributed by atoms with Gasteiger partial charge in [0, 0.05) is 12.3 Å². The predicted molar refractivity (Wildman–Crippen MR) is 68.2 cm³/mol. The quantitative estimate of drug-likeness (QED) is 0.822. The van der Waals surface area contributed by atoms with Crippen molar-refractivity contribution in [1.82, 2.24) is 0 Å². The van der Waals surface area contributed by atoms with Crippen LogP contribution in [0.3, 0.4) is 0 Å². The average molecular weight is 250 g/mol. The molecule has 0 amide bonds. The lowest BCUT2D eigenvalue weighted by molar-refractivity contribution is -0.125. The summed E-state index contributed by atoms with van der Waals surface area (Å²) in [6.07, 6.45) is 3.23. The van der Waals surface area contributed by atoms with E-state index in [0.717, 1.165) is 18.4 Å². The molecule has 2 atom stereocenters. The van der Waals surface area contributed by atoms with E-state index in [-0.39, 0.29) is 17.5 Å². The Morgan fingerprint density at radius 1 is 1.44 bits per heavy atom. The van der Waals surface area contributed by atoms with Gasteiger partial charge in [-0.05, 0) is 42.9 Å². The number of Topliss-reactive ketones (excluding diaryl/α,β-unsaturated/α-hetero) is 1. The normalized spacial score (nSPS) is 24.1. The highest BCUT2D eigenvalue weighted by atomic mass is 19.1. The summed E-state index contributed by atoms with van der Waals surface area (Å²) in [5.41, 5.74) is 0.876. The van der Waals surface area contributed by atoms with Gasteiger partial charge in [0.25, 0.3) is 0 Å². The molecule has 0 radical (unpaired) electrons. The molecule has 2 unspecified atom stereocenters. The molecule has 0 heterocycles. The first-order chi connectivity index (χ1) is 8.60. The third kappa shape index (κ3) is 2.89. The van der Waals surface area contributed by atoms with Crippen molar-refractivity contribution in [3.05, 3.63) is 29.6 Å². The van der Waals surface area contributed by atoms with E-state index >= 15 is 0 Å². The third-order valence-corrected chi connectivity index (χ3v) is 3.72. The standard InChI is InChI=1S/C15H19FO2/c1-10-3-5-14(17)12(7-10)8-11-4-6-15(18-2)13(16)9-11/h4,6,9-10,12H,3,5,7-8H2,1-2H3. The molecule has 2 nitrogen and oxygen atoms in total. The van der Waals surface area contributed by atoms with Gasteiger partial charge in [-0.1, -0.05) is 13.0 Å². The molecule has 98 valence electrons. The van der Waals surface area contributed by atoms with E-state index in [1.165, 1.54) is 13.2 Å². The van der Waals surface area contributed by atoms with Gasteiger partial charge in [0.15, 0.2) is 11.6 Å². The second kappa shape index (κ2) is 5.51. The number of carbonyl (C=O) groups excluding carboxylic acids is 1. The fourth-order valence-electron chi connectivity index (χ4n) is 2.65. The van der Waals surface area contributed by atoms with Gasteiger partial charge in [-0.3, -0.25) is 4.79 Å². The zero-order valence-corrected chi connectivity index (χ0v) is 10.9. The molecule has 3 heteroatoms. The average Bonchev–Trinajstić information content (AvgIpc) is 2.34. The molecule has 0 aromatic heterocycles. The largest absolute Gasteiger partial charge is 0.494 e. The third-order valence-electron chi connectivity index (χ3n) is 3.72. The minimum absolute atomic E-state index is 0.0570. The predicted octanol–water partition coefficient (Wildman–Crippen LogP) is 3.38. The van der Waals surface area contributed by atoms with Crippen LogP contribution >= 0.6 is 0 Å². The maximum Gasteiger partial charge on any atom is 0.165 e. The Labute approximate surface area is 107 Å². The van der Waals surface area contributed by atoms with Crippen molar-refractivity contribution in [2.45, 2.75) is 32.6 Å². The van der Waals surface area contributed by atoms with E-state index in [2.05, 4.69) is 6.92 Å². The van der Waals surface area contributed by atoms with Crippen molar-refractivity contribution >= 4 is 5.78 Å². The minimum atomic E-state index is -0.355. The molecule has 0 aliphatic heterocycles. The first-order valence-electron chi connectivity index (χ1n) is 6.45. The molecule has 1 aliphatic carbocycles. The first-order valence-corrected chi connectivity index (χ1v) is 6.45. The number of hydrogen-bond donors (Lipinski definition) is 0. The van der Waals surface area contributed by atoms with E-state index < -0.39 is 0 Å². The number of ketones is 1. The highest BCUT2D eigenvalue weighted by Crippen LogP contribution is 2.29. The zero-order valence-electron chi connectivity index (χ0n) is 10.9. The van der Waals surface area contributed by atoms with Crippen LogP contribution in [0.5, 0.6) is 5.75 Å². The fraction of sp³-hybridized carbons (Fsp3) is 0.533. The number of methoxy groups -OCH3 is 1. The number of ether oxygens (including phenoxy) is 1. The Kier molecular flexibility index (Phi) is 4.00. The van der Waals surface area contributed by atoms with Crippen LogP contribution in [0.2, 0.25) is 0 Å². The van der Waals surface area contributed by atoms with Crippen LogP contribution in [0.4, 0.5) is 4.39 Å². The molecule has 18 heavy (non-hydrogen) atoms. The highest BCUT2D eigenvalue weighted by molar-refractivity contribution is 5.82. The van der Waals surface area contributed by atoms with Crippen LogP contribution < -0.4 is 4.74 Å². The molecule has 0 bridgehead atoms. The number of carbonyl (C=O) groups is 1. The molecule has 2 rings (SSSR count). The lowest BCUT2D eigenvalue weighted by Gasteiger charge is -2.25. The van der Waals surface area contributed by atoms with Gasteiger partial charge < -0.3 is 4.74 Å². The molecule has 1 aromatic rings. The molecular formula is C15H19FO2. The van der Waals surface area contributed by atoms with Crippen LogP contribution in [0.1, 0.15) is 31.7 Å². The molecule has 1 fully saturated rings. The summed E-state index contributed by atoms with van der Waals surface area (Å²) in [4.78, 5) is 11.8. The summed E-state index contributed by atoms with van der Waals surface area (Å²) in [7, 11) is 1.45. The molecule has 0 N–H and O–H groups in total. The maximum atomic E-state index is 13.6. The minimum Gasteiger partial charge on any atom is -0.494 e. The van der Waals surface area contributed by atoms with Gasteiger partial charge in [-0.15, -0.1) is 0 Å². The highest BCUT2D eigenvalue weighted by Gasteiger charge is 2.26. The summed E-state index contributed by atoms with van der Waals surface area (Å²) in [5.74, 6) is 0.870. The zero-order chi connectivity index (χ0) is 13.1. The van der Waals surface area contributed by atoms with Crippen LogP contribution in [0.25, 0.3) is 0 Å². The van der Waals surface area contributed by atoms with Gasteiger partial charge in [0.2, 0.25) is 0 Å². The van der Waals surface area contributed by atoms with Crippen LogP contribution in [-0.4, -0.2) is 12.9 Å². The Morgan fingerprint density at radius 2 is 2.22 bits per heavy atom. The summed E-state index contributed by atoms with van der Waals surface area (Å²) in [6, 6.07) is 4.95. The van der Waals surface area contributed by atoms with E-state index in [1.54, 1.807) is 6.07 Å². The lowest BCUT2D eigenvalue weighted by Crippen LogP contribution is -2.25. The lowest BCUT2D eigenvalue weighted by atomic mass is 9.78. The summed E-state index contributed by atoms with van der Waals surface area (Å²) >= 11 is 0. The van der Waals surface area contributed by atoms with Crippen LogP contribution in [-0.2, 0) is 11.2 Å². The van der Waals surface area contributed by atoms with E-state index in [9.17, 15) is 9.18 Å². The van der Waals surface area contributed by atoms with Gasteiger partial charge in [-0.25, -0.2) is 4.39 Å². The molecular weight excluding hydrogens is 231 g/mol. The van der Waals surface area contributed by atoms with Crippen molar-refractivity contribution in [3.63, 3.8) is 0 Å². The van der Waals surface area contributed by atoms with Gasteiger partial charge in [0.05, 0.1) is 7.11 Å². The van der Waals surface area contributed by atoms with E-state index in [0.29, 0.717) is 24.5 Å². The Balaban J connectivity index is 2.08. The van der Waals surface area contributed by atoms with E-state index in [1.807, 2.05) is 6.07 Å². The fourth-order valence-corrected chi connectivity index (χ4v) is 2.65. The number of rotatable bonds is 3.